The first kappa shape index (κ1) is 10.7. The minimum atomic E-state index is -0.163. The predicted octanol–water partition coefficient (Wildman–Crippen LogP) is 4.02. The smallest absolute Gasteiger partial charge is 0.123 e. The zero-order valence-electron chi connectivity index (χ0n) is 8.39. The van der Waals surface area contributed by atoms with E-state index in [-0.39, 0.29) is 5.82 Å². The molecule has 0 aliphatic carbocycles. The van der Waals surface area contributed by atoms with Crippen molar-refractivity contribution in [3.8, 4) is 0 Å². The predicted molar refractivity (Wildman–Crippen MR) is 65.0 cm³/mol. The van der Waals surface area contributed by atoms with E-state index in [2.05, 4.69) is 20.9 Å². The Morgan fingerprint density at radius 3 is 2.93 bits per heavy atom. The lowest BCUT2D eigenvalue weighted by molar-refractivity contribution is 0.629. The van der Waals surface area contributed by atoms with E-state index in [1.165, 1.54) is 11.6 Å². The number of hydrogen-bond donors (Lipinski definition) is 1. The number of H-pyrrole nitrogens is 1. The molecule has 1 aromatic carbocycles. The van der Waals surface area contributed by atoms with Crippen molar-refractivity contribution < 1.29 is 4.39 Å². The number of unbranched alkanes of at least 4 members (excludes halogenated alkanes) is 1. The van der Waals surface area contributed by atoms with E-state index in [0.717, 1.165) is 35.5 Å². The molecule has 0 saturated carbocycles. The van der Waals surface area contributed by atoms with Crippen molar-refractivity contribution in [3.63, 3.8) is 0 Å². The van der Waals surface area contributed by atoms with Gasteiger partial charge in [0.25, 0.3) is 0 Å². The molecule has 1 aromatic heterocycles. The molecule has 1 N–H and O–H groups in total. The van der Waals surface area contributed by atoms with Crippen molar-refractivity contribution in [3.05, 3.63) is 35.8 Å². The van der Waals surface area contributed by atoms with Gasteiger partial charge >= 0.3 is 0 Å². The number of benzene rings is 1. The molecule has 0 aliphatic heterocycles. The molecular formula is C12H13BrFN. The third kappa shape index (κ3) is 2.40. The molecule has 2 aromatic rings. The Kier molecular flexibility index (Phi) is 3.41. The van der Waals surface area contributed by atoms with Crippen molar-refractivity contribution >= 4 is 26.8 Å². The van der Waals surface area contributed by atoms with Crippen LogP contribution >= 0.6 is 15.9 Å². The number of rotatable bonds is 4. The molecule has 0 unspecified atom stereocenters. The van der Waals surface area contributed by atoms with Crippen molar-refractivity contribution in [2.45, 2.75) is 19.3 Å². The number of fused-ring (bicyclic) bond motifs is 1. The van der Waals surface area contributed by atoms with Crippen molar-refractivity contribution in [2.24, 2.45) is 0 Å². The number of nitrogens with one attached hydrogen (secondary N) is 1. The van der Waals surface area contributed by atoms with Crippen molar-refractivity contribution in [2.75, 3.05) is 5.33 Å². The van der Waals surface area contributed by atoms with E-state index in [0.29, 0.717) is 0 Å². The topological polar surface area (TPSA) is 15.8 Å². The average molecular weight is 270 g/mol. The molecule has 0 amide bonds. The summed E-state index contributed by atoms with van der Waals surface area (Å²) >= 11 is 3.41. The van der Waals surface area contributed by atoms with E-state index >= 15 is 0 Å². The first-order valence-electron chi connectivity index (χ1n) is 5.13. The fraction of sp³-hybridized carbons (Fsp3) is 0.333. The Morgan fingerprint density at radius 2 is 2.13 bits per heavy atom. The first-order valence-corrected chi connectivity index (χ1v) is 6.25. The van der Waals surface area contributed by atoms with Crippen LogP contribution in [0.15, 0.2) is 24.4 Å². The highest BCUT2D eigenvalue weighted by atomic mass is 79.9. The average Bonchev–Trinajstić information content (AvgIpc) is 2.62. The quantitative estimate of drug-likeness (QED) is 0.638. The molecule has 0 spiro atoms. The second kappa shape index (κ2) is 4.79. The van der Waals surface area contributed by atoms with Crippen LogP contribution in [-0.4, -0.2) is 10.3 Å². The van der Waals surface area contributed by atoms with Gasteiger partial charge in [-0.25, -0.2) is 4.39 Å². The Balaban J connectivity index is 2.23. The van der Waals surface area contributed by atoms with Gasteiger partial charge in [-0.1, -0.05) is 15.9 Å². The number of aromatic nitrogens is 1. The molecule has 0 radical (unpaired) electrons. The summed E-state index contributed by atoms with van der Waals surface area (Å²) in [4.78, 5) is 3.16. The van der Waals surface area contributed by atoms with Gasteiger partial charge in [-0.15, -0.1) is 0 Å². The van der Waals surface area contributed by atoms with Crippen LogP contribution in [0.2, 0.25) is 0 Å². The monoisotopic (exact) mass is 269 g/mol. The third-order valence-corrected chi connectivity index (χ3v) is 3.12. The summed E-state index contributed by atoms with van der Waals surface area (Å²) in [6.07, 6.45) is 5.28. The zero-order chi connectivity index (χ0) is 10.7. The van der Waals surface area contributed by atoms with E-state index in [1.54, 1.807) is 12.1 Å². The summed E-state index contributed by atoms with van der Waals surface area (Å²) in [5.41, 5.74) is 2.23. The minimum absolute atomic E-state index is 0.163. The summed E-state index contributed by atoms with van der Waals surface area (Å²) in [5, 5.41) is 2.05. The highest BCUT2D eigenvalue weighted by Crippen LogP contribution is 2.21. The number of aromatic amines is 1. The van der Waals surface area contributed by atoms with Gasteiger partial charge in [0.05, 0.1) is 0 Å². The number of alkyl halides is 1. The highest BCUT2D eigenvalue weighted by molar-refractivity contribution is 9.09. The maximum atomic E-state index is 13.1. The van der Waals surface area contributed by atoms with Crippen LogP contribution in [0.4, 0.5) is 4.39 Å². The van der Waals surface area contributed by atoms with Gasteiger partial charge in [0.2, 0.25) is 0 Å². The van der Waals surface area contributed by atoms with Gasteiger partial charge in [-0.2, -0.15) is 0 Å². The number of halogens is 2. The molecule has 1 nitrogen and oxygen atoms in total. The molecule has 0 bridgehead atoms. The lowest BCUT2D eigenvalue weighted by Gasteiger charge is -1.98. The van der Waals surface area contributed by atoms with Gasteiger partial charge in [-0.3, -0.25) is 0 Å². The van der Waals surface area contributed by atoms with Crippen LogP contribution in [-0.2, 0) is 6.42 Å². The summed E-state index contributed by atoms with van der Waals surface area (Å²) in [6, 6.07) is 4.88. The Bertz CT molecular complexity index is 450. The molecule has 0 aliphatic rings. The Labute approximate surface area is 96.8 Å². The van der Waals surface area contributed by atoms with Crippen LogP contribution in [0.25, 0.3) is 10.9 Å². The molecule has 0 atom stereocenters. The Morgan fingerprint density at radius 1 is 1.27 bits per heavy atom. The maximum Gasteiger partial charge on any atom is 0.123 e. The van der Waals surface area contributed by atoms with Gasteiger partial charge in [0.1, 0.15) is 5.82 Å². The third-order valence-electron chi connectivity index (χ3n) is 2.56. The maximum absolute atomic E-state index is 13.1. The Hall–Kier alpha value is -0.830. The van der Waals surface area contributed by atoms with Gasteiger partial charge in [0.15, 0.2) is 0 Å². The molecule has 1 heterocycles. The zero-order valence-corrected chi connectivity index (χ0v) is 9.98. The summed E-state index contributed by atoms with van der Waals surface area (Å²) in [7, 11) is 0. The molecular weight excluding hydrogens is 257 g/mol. The number of hydrogen-bond acceptors (Lipinski definition) is 0. The molecule has 0 fully saturated rings. The fourth-order valence-corrected chi connectivity index (χ4v) is 2.16. The van der Waals surface area contributed by atoms with Crippen LogP contribution in [0.1, 0.15) is 18.4 Å². The lowest BCUT2D eigenvalue weighted by atomic mass is 10.1. The number of aryl methyl sites for hydroxylation is 1. The van der Waals surface area contributed by atoms with Crippen molar-refractivity contribution in [1.29, 1.82) is 0 Å². The molecule has 80 valence electrons. The fourth-order valence-electron chi connectivity index (χ4n) is 1.77. The molecule has 15 heavy (non-hydrogen) atoms. The van der Waals surface area contributed by atoms with Gasteiger partial charge in [-0.05, 0) is 43.0 Å². The first-order chi connectivity index (χ1) is 7.31. The van der Waals surface area contributed by atoms with Gasteiger partial charge in [0, 0.05) is 22.4 Å². The highest BCUT2D eigenvalue weighted by Gasteiger charge is 2.04. The van der Waals surface area contributed by atoms with Crippen LogP contribution in [0.3, 0.4) is 0 Å². The van der Waals surface area contributed by atoms with E-state index in [4.69, 9.17) is 0 Å². The van der Waals surface area contributed by atoms with Crippen molar-refractivity contribution in [1.82, 2.24) is 4.98 Å². The largest absolute Gasteiger partial charge is 0.361 e. The minimum Gasteiger partial charge on any atom is -0.361 e. The van der Waals surface area contributed by atoms with E-state index in [9.17, 15) is 4.39 Å². The normalized spacial score (nSPS) is 11.1. The SMILES string of the molecule is Fc1ccc2[nH]cc(CCCCBr)c2c1. The van der Waals surface area contributed by atoms with Gasteiger partial charge < -0.3 is 4.98 Å². The van der Waals surface area contributed by atoms with Crippen LogP contribution < -0.4 is 0 Å². The standard InChI is InChI=1S/C12H13BrFN/c13-6-2-1-3-9-8-15-12-5-4-10(14)7-11(9)12/h4-5,7-8,15H,1-3,6H2. The summed E-state index contributed by atoms with van der Waals surface area (Å²) in [6.45, 7) is 0. The molecule has 2 rings (SSSR count). The summed E-state index contributed by atoms with van der Waals surface area (Å²) < 4.78 is 13.1. The molecule has 3 heteroatoms. The van der Waals surface area contributed by atoms with Crippen LogP contribution in [0, 0.1) is 5.82 Å². The van der Waals surface area contributed by atoms with E-state index in [1.807, 2.05) is 6.20 Å². The summed E-state index contributed by atoms with van der Waals surface area (Å²) in [5.74, 6) is -0.163. The second-order valence-corrected chi connectivity index (χ2v) is 4.44. The van der Waals surface area contributed by atoms with Crippen LogP contribution in [0.5, 0.6) is 0 Å². The van der Waals surface area contributed by atoms with E-state index < -0.39 is 0 Å². The second-order valence-electron chi connectivity index (χ2n) is 3.65. The molecule has 0 saturated heterocycles. The lowest BCUT2D eigenvalue weighted by Crippen LogP contribution is -1.84.